The third kappa shape index (κ3) is 9.32. The van der Waals surface area contributed by atoms with Crippen LogP contribution >= 0.6 is 0 Å². The van der Waals surface area contributed by atoms with Crippen LogP contribution in [-0.4, -0.2) is 51.3 Å². The van der Waals surface area contributed by atoms with Gasteiger partial charge in [-0.25, -0.2) is 19.9 Å². The second-order valence-electron chi connectivity index (χ2n) is 14.6. The molecule has 0 aliphatic carbocycles. The van der Waals surface area contributed by atoms with Gasteiger partial charge in [0.2, 0.25) is 0 Å². The minimum Gasteiger partial charge on any atom is -0.392 e. The number of carbonyl (C=O) groups is 1. The molecular formula is C52H40N10O2. The highest BCUT2D eigenvalue weighted by Crippen LogP contribution is 2.36. The maximum Gasteiger partial charge on any atom is 0.163 e. The number of aliphatic hydroxyl groups is 1. The second kappa shape index (κ2) is 19.4. The Labute approximate surface area is 368 Å². The summed E-state index contributed by atoms with van der Waals surface area (Å²) in [5.74, 6) is 2.48. The van der Waals surface area contributed by atoms with Crippen LogP contribution in [0.2, 0.25) is 0 Å². The van der Waals surface area contributed by atoms with Crippen LogP contribution in [0.25, 0.3) is 66.8 Å². The summed E-state index contributed by atoms with van der Waals surface area (Å²) in [6, 6.07) is 47.8. The third-order valence-corrected chi connectivity index (χ3v) is 10.3. The summed E-state index contributed by atoms with van der Waals surface area (Å²) >= 11 is 0. The minimum absolute atomic E-state index is 0.0860. The minimum atomic E-state index is -0.0860. The quantitative estimate of drug-likeness (QED) is 0.1000. The summed E-state index contributed by atoms with van der Waals surface area (Å²) in [5.41, 5.74) is 10.4. The van der Waals surface area contributed by atoms with Gasteiger partial charge in [-0.3, -0.25) is 24.7 Å². The number of nitrogens with one attached hydrogen (secondary N) is 2. The SMILES string of the molecule is O=Cc1cncc(-c2nc(NCc3ccccn3)c3c(-c4ccccc4)cccc3n2)c1.OCc1cncc(-c2nc(NCc3ccccn3)c3c(-c4ccccc4)cccc3n2)c1. The van der Waals surface area contributed by atoms with E-state index in [1.165, 1.54) is 6.20 Å². The van der Waals surface area contributed by atoms with Crippen LogP contribution in [0.1, 0.15) is 27.3 Å². The van der Waals surface area contributed by atoms with Crippen molar-refractivity contribution in [1.82, 2.24) is 39.9 Å². The van der Waals surface area contributed by atoms with Crippen molar-refractivity contribution < 1.29 is 9.90 Å². The molecule has 0 radical (unpaired) electrons. The molecule has 310 valence electrons. The van der Waals surface area contributed by atoms with Gasteiger partial charge in [-0.15, -0.1) is 0 Å². The summed E-state index contributed by atoms with van der Waals surface area (Å²) in [6.45, 7) is 0.962. The standard InChI is InChI=1S/C26H21N5O.C26H19N5O/c2*32-17-18-13-20(15-27-14-18)25-30-23-11-6-10-22(19-7-2-1-3-8-19)24(23)26(31-25)29-16-21-9-4-5-12-28-21/h1-15,32H,16-17H2,(H,29,30,31);1-15,17H,16H2,(H,29,30,31). The monoisotopic (exact) mass is 836 g/mol. The zero-order valence-electron chi connectivity index (χ0n) is 34.5. The third-order valence-electron chi connectivity index (χ3n) is 10.3. The topological polar surface area (TPSA) is 164 Å². The normalized spacial score (nSPS) is 10.8. The van der Waals surface area contributed by atoms with Crippen molar-refractivity contribution in [3.05, 3.63) is 205 Å². The number of aldehydes is 1. The van der Waals surface area contributed by atoms with E-state index >= 15 is 0 Å². The molecule has 64 heavy (non-hydrogen) atoms. The molecule has 0 aliphatic heterocycles. The fraction of sp³-hybridized carbons (Fsp3) is 0.0577. The molecule has 10 rings (SSSR count). The molecule has 0 saturated heterocycles. The smallest absolute Gasteiger partial charge is 0.163 e. The van der Waals surface area contributed by atoms with E-state index in [2.05, 4.69) is 67.0 Å². The van der Waals surface area contributed by atoms with Crippen LogP contribution in [0.15, 0.2) is 183 Å². The Morgan fingerprint density at radius 3 is 1.47 bits per heavy atom. The molecule has 0 unspecified atom stereocenters. The van der Waals surface area contributed by atoms with Crippen LogP contribution in [0.4, 0.5) is 11.6 Å². The summed E-state index contributed by atoms with van der Waals surface area (Å²) in [7, 11) is 0. The van der Waals surface area contributed by atoms with Gasteiger partial charge in [0, 0.05) is 53.9 Å². The average molecular weight is 837 g/mol. The molecule has 12 nitrogen and oxygen atoms in total. The maximum atomic E-state index is 11.2. The van der Waals surface area contributed by atoms with E-state index in [1.54, 1.807) is 37.1 Å². The number of hydrogen-bond acceptors (Lipinski definition) is 12. The largest absolute Gasteiger partial charge is 0.392 e. The molecule has 0 spiro atoms. The number of carbonyl (C=O) groups excluding carboxylic acids is 1. The van der Waals surface area contributed by atoms with Gasteiger partial charge in [-0.1, -0.05) is 97.1 Å². The maximum absolute atomic E-state index is 11.2. The summed E-state index contributed by atoms with van der Waals surface area (Å²) in [5, 5.41) is 18.3. The van der Waals surface area contributed by atoms with Crippen molar-refractivity contribution in [1.29, 1.82) is 0 Å². The number of anilines is 2. The molecule has 6 aromatic heterocycles. The molecule has 0 aliphatic rings. The number of aliphatic hydroxyl groups excluding tert-OH is 1. The van der Waals surface area contributed by atoms with Crippen LogP contribution < -0.4 is 10.6 Å². The Kier molecular flexibility index (Phi) is 12.4. The zero-order chi connectivity index (χ0) is 43.5. The Morgan fingerprint density at radius 1 is 0.484 bits per heavy atom. The van der Waals surface area contributed by atoms with Crippen molar-refractivity contribution >= 4 is 39.7 Å². The number of pyridine rings is 4. The van der Waals surface area contributed by atoms with Gasteiger partial charge in [0.1, 0.15) is 11.6 Å². The summed E-state index contributed by atoms with van der Waals surface area (Å²) < 4.78 is 0. The molecule has 0 saturated carbocycles. The van der Waals surface area contributed by atoms with Crippen molar-refractivity contribution in [3.63, 3.8) is 0 Å². The van der Waals surface area contributed by atoms with Gasteiger partial charge in [0.15, 0.2) is 17.9 Å². The lowest BCUT2D eigenvalue weighted by molar-refractivity contribution is 0.112. The Hall–Kier alpha value is -8.61. The van der Waals surface area contributed by atoms with Crippen molar-refractivity contribution in [3.8, 4) is 45.0 Å². The molecule has 0 fully saturated rings. The first-order valence-electron chi connectivity index (χ1n) is 20.6. The van der Waals surface area contributed by atoms with E-state index in [-0.39, 0.29) is 6.61 Å². The molecule has 0 atom stereocenters. The molecule has 0 amide bonds. The van der Waals surface area contributed by atoms with E-state index in [9.17, 15) is 9.90 Å². The lowest BCUT2D eigenvalue weighted by atomic mass is 10.0. The fourth-order valence-corrected chi connectivity index (χ4v) is 7.29. The van der Waals surface area contributed by atoms with Gasteiger partial charge >= 0.3 is 0 Å². The highest BCUT2D eigenvalue weighted by Gasteiger charge is 2.17. The molecule has 3 N–H and O–H groups in total. The second-order valence-corrected chi connectivity index (χ2v) is 14.6. The Morgan fingerprint density at radius 2 is 0.984 bits per heavy atom. The molecule has 12 heteroatoms. The van der Waals surface area contributed by atoms with Gasteiger partial charge < -0.3 is 15.7 Å². The lowest BCUT2D eigenvalue weighted by Crippen LogP contribution is -2.06. The van der Waals surface area contributed by atoms with Gasteiger partial charge in [0.05, 0.1) is 52.9 Å². The molecule has 0 bridgehead atoms. The number of aromatic nitrogens is 8. The van der Waals surface area contributed by atoms with Crippen molar-refractivity contribution in [2.24, 2.45) is 0 Å². The molecule has 6 heterocycles. The van der Waals surface area contributed by atoms with Crippen molar-refractivity contribution in [2.45, 2.75) is 19.7 Å². The Balaban J connectivity index is 0.000000162. The first-order chi connectivity index (χ1) is 31.6. The summed E-state index contributed by atoms with van der Waals surface area (Å²) in [4.78, 5) is 47.8. The van der Waals surface area contributed by atoms with Crippen molar-refractivity contribution in [2.75, 3.05) is 10.6 Å². The average Bonchev–Trinajstić information content (AvgIpc) is 3.38. The molecular weight excluding hydrogens is 797 g/mol. The predicted molar refractivity (Wildman–Crippen MR) is 251 cm³/mol. The van der Waals surface area contributed by atoms with Gasteiger partial charge in [0.25, 0.3) is 0 Å². The summed E-state index contributed by atoms with van der Waals surface area (Å²) in [6.07, 6.45) is 10.9. The number of rotatable bonds is 12. The molecule has 4 aromatic carbocycles. The van der Waals surface area contributed by atoms with Gasteiger partial charge in [-0.2, -0.15) is 0 Å². The van der Waals surface area contributed by atoms with Crippen LogP contribution in [0.3, 0.4) is 0 Å². The van der Waals surface area contributed by atoms with E-state index in [1.807, 2.05) is 103 Å². The van der Waals surface area contributed by atoms with Crippen LogP contribution in [0, 0.1) is 0 Å². The van der Waals surface area contributed by atoms with Gasteiger partial charge in [-0.05, 0) is 76.3 Å². The number of nitrogens with zero attached hydrogens (tertiary/aromatic N) is 8. The first kappa shape index (κ1) is 40.8. The number of fused-ring (bicyclic) bond motifs is 2. The van der Waals surface area contributed by atoms with E-state index in [0.717, 1.165) is 73.1 Å². The van der Waals surface area contributed by atoms with Crippen LogP contribution in [0.5, 0.6) is 0 Å². The van der Waals surface area contributed by atoms with E-state index in [0.29, 0.717) is 47.2 Å². The predicted octanol–water partition coefficient (Wildman–Crippen LogP) is 10.0. The van der Waals surface area contributed by atoms with E-state index in [4.69, 9.17) is 19.9 Å². The first-order valence-corrected chi connectivity index (χ1v) is 20.6. The zero-order valence-corrected chi connectivity index (χ0v) is 34.5. The number of benzene rings is 4. The van der Waals surface area contributed by atoms with E-state index < -0.39 is 0 Å². The fourth-order valence-electron chi connectivity index (χ4n) is 7.29. The van der Waals surface area contributed by atoms with Crippen LogP contribution in [-0.2, 0) is 19.7 Å². The highest BCUT2D eigenvalue weighted by atomic mass is 16.3. The lowest BCUT2D eigenvalue weighted by Gasteiger charge is -2.14. The molecule has 10 aromatic rings. The highest BCUT2D eigenvalue weighted by molar-refractivity contribution is 6.03. The number of hydrogen-bond donors (Lipinski definition) is 3. The Bertz CT molecular complexity index is 3180.